The maximum absolute atomic E-state index is 11.2. The van der Waals surface area contributed by atoms with Gasteiger partial charge in [-0.1, -0.05) is 6.07 Å². The van der Waals surface area contributed by atoms with Gasteiger partial charge in [-0.25, -0.2) is 9.97 Å². The zero-order valence-corrected chi connectivity index (χ0v) is 13.0. The molecule has 24 heavy (non-hydrogen) atoms. The molecule has 1 unspecified atom stereocenters. The molecule has 2 aliphatic heterocycles. The number of benzene rings is 1. The molecule has 7 heteroatoms. The summed E-state index contributed by atoms with van der Waals surface area (Å²) < 4.78 is 10.7. The van der Waals surface area contributed by atoms with Crippen LogP contribution in [0.1, 0.15) is 12.8 Å². The van der Waals surface area contributed by atoms with Gasteiger partial charge in [0, 0.05) is 31.0 Å². The molecular formula is C17H17N3O4. The van der Waals surface area contributed by atoms with Gasteiger partial charge in [0.2, 0.25) is 12.7 Å². The molecule has 7 nitrogen and oxygen atoms in total. The molecule has 1 atom stereocenters. The summed E-state index contributed by atoms with van der Waals surface area (Å²) >= 11 is 0. The molecule has 4 rings (SSSR count). The number of hydrogen-bond donors (Lipinski definition) is 1. The first-order valence-corrected chi connectivity index (χ1v) is 7.90. The Balaban J connectivity index is 1.53. The molecule has 0 bridgehead atoms. The summed E-state index contributed by atoms with van der Waals surface area (Å²) in [4.78, 5) is 21.9. The van der Waals surface area contributed by atoms with E-state index in [1.165, 1.54) is 0 Å². The summed E-state index contributed by atoms with van der Waals surface area (Å²) in [6, 6.07) is 5.71. The number of ether oxygens (including phenoxy) is 2. The van der Waals surface area contributed by atoms with Gasteiger partial charge in [-0.15, -0.1) is 0 Å². The van der Waals surface area contributed by atoms with Crippen molar-refractivity contribution in [2.75, 3.05) is 24.8 Å². The molecule has 0 saturated carbocycles. The third-order valence-electron chi connectivity index (χ3n) is 4.40. The van der Waals surface area contributed by atoms with Crippen molar-refractivity contribution in [2.45, 2.75) is 12.8 Å². The first kappa shape index (κ1) is 14.7. The summed E-state index contributed by atoms with van der Waals surface area (Å²) in [7, 11) is 0. The average Bonchev–Trinajstić information content (AvgIpc) is 3.09. The number of carboxylic acid groups (broad SMARTS) is 1. The Labute approximate surface area is 138 Å². The monoisotopic (exact) mass is 327 g/mol. The van der Waals surface area contributed by atoms with Crippen molar-refractivity contribution in [2.24, 2.45) is 5.92 Å². The standard InChI is InChI=1S/C17H17N3O4/c21-16(22)12-2-1-5-20(9-12)17-18-7-13(8-19-17)11-3-4-14-15(6-11)24-10-23-14/h3-4,6-8,12H,1-2,5,9-10H2,(H,21,22). The smallest absolute Gasteiger partial charge is 0.308 e. The first-order chi connectivity index (χ1) is 11.7. The second kappa shape index (κ2) is 5.99. The number of aromatic nitrogens is 2. The summed E-state index contributed by atoms with van der Waals surface area (Å²) in [6.07, 6.45) is 5.06. The topological polar surface area (TPSA) is 84.8 Å². The fraction of sp³-hybridized carbons (Fsp3) is 0.353. The molecule has 0 amide bonds. The highest BCUT2D eigenvalue weighted by Gasteiger charge is 2.26. The molecule has 2 aromatic rings. The molecule has 0 aliphatic carbocycles. The maximum Gasteiger partial charge on any atom is 0.308 e. The fourth-order valence-corrected chi connectivity index (χ4v) is 3.07. The van der Waals surface area contributed by atoms with Gasteiger partial charge in [0.25, 0.3) is 0 Å². The summed E-state index contributed by atoms with van der Waals surface area (Å²) in [5.74, 6) is 0.930. The normalized spacial score (nSPS) is 19.3. The van der Waals surface area contributed by atoms with E-state index in [-0.39, 0.29) is 12.7 Å². The van der Waals surface area contributed by atoms with E-state index in [0.717, 1.165) is 35.6 Å². The van der Waals surface area contributed by atoms with Crippen LogP contribution in [-0.2, 0) is 4.79 Å². The van der Waals surface area contributed by atoms with E-state index in [9.17, 15) is 9.90 Å². The van der Waals surface area contributed by atoms with Crippen LogP contribution in [0.2, 0.25) is 0 Å². The third-order valence-corrected chi connectivity index (χ3v) is 4.40. The minimum Gasteiger partial charge on any atom is -0.481 e. The molecule has 3 heterocycles. The molecule has 1 aromatic heterocycles. The minimum absolute atomic E-state index is 0.244. The van der Waals surface area contributed by atoms with E-state index in [1.54, 1.807) is 12.4 Å². The Hall–Kier alpha value is -2.83. The molecule has 0 spiro atoms. The van der Waals surface area contributed by atoms with E-state index in [2.05, 4.69) is 9.97 Å². The van der Waals surface area contributed by atoms with Crippen LogP contribution >= 0.6 is 0 Å². The molecule has 0 radical (unpaired) electrons. The van der Waals surface area contributed by atoms with Crippen LogP contribution in [-0.4, -0.2) is 40.9 Å². The molecule has 124 valence electrons. The van der Waals surface area contributed by atoms with Crippen molar-refractivity contribution in [3.63, 3.8) is 0 Å². The summed E-state index contributed by atoms with van der Waals surface area (Å²) in [5, 5.41) is 9.18. The van der Waals surface area contributed by atoms with Gasteiger partial charge in [0.1, 0.15) is 0 Å². The van der Waals surface area contributed by atoms with E-state index in [0.29, 0.717) is 18.9 Å². The van der Waals surface area contributed by atoms with Crippen molar-refractivity contribution >= 4 is 11.9 Å². The average molecular weight is 327 g/mol. The van der Waals surface area contributed by atoms with Crippen molar-refractivity contribution in [1.29, 1.82) is 0 Å². The van der Waals surface area contributed by atoms with Crippen molar-refractivity contribution in [3.05, 3.63) is 30.6 Å². The zero-order chi connectivity index (χ0) is 16.5. The third kappa shape index (κ3) is 2.73. The number of carbonyl (C=O) groups is 1. The predicted molar refractivity (Wildman–Crippen MR) is 86.2 cm³/mol. The lowest BCUT2D eigenvalue weighted by molar-refractivity contribution is -0.141. The van der Waals surface area contributed by atoms with Gasteiger partial charge >= 0.3 is 5.97 Å². The molecular weight excluding hydrogens is 310 g/mol. The molecule has 1 fully saturated rings. The highest BCUT2D eigenvalue weighted by atomic mass is 16.7. The zero-order valence-electron chi connectivity index (χ0n) is 13.0. The lowest BCUT2D eigenvalue weighted by Crippen LogP contribution is -2.39. The van der Waals surface area contributed by atoms with Gasteiger partial charge in [-0.3, -0.25) is 4.79 Å². The van der Waals surface area contributed by atoms with Gasteiger partial charge in [-0.2, -0.15) is 0 Å². The van der Waals surface area contributed by atoms with Crippen molar-refractivity contribution in [3.8, 4) is 22.6 Å². The number of hydrogen-bond acceptors (Lipinski definition) is 6. The maximum atomic E-state index is 11.2. The second-order valence-electron chi connectivity index (χ2n) is 5.96. The molecule has 2 aliphatic rings. The number of fused-ring (bicyclic) bond motifs is 1. The highest BCUT2D eigenvalue weighted by molar-refractivity contribution is 5.71. The molecule has 1 saturated heterocycles. The lowest BCUT2D eigenvalue weighted by atomic mass is 9.99. The van der Waals surface area contributed by atoms with Crippen molar-refractivity contribution < 1.29 is 19.4 Å². The Bertz CT molecular complexity index is 763. The minimum atomic E-state index is -0.753. The van der Waals surface area contributed by atoms with E-state index < -0.39 is 5.97 Å². The Morgan fingerprint density at radius 3 is 2.75 bits per heavy atom. The van der Waals surface area contributed by atoms with Crippen LogP contribution in [0.5, 0.6) is 11.5 Å². The largest absolute Gasteiger partial charge is 0.481 e. The van der Waals surface area contributed by atoms with E-state index in [1.807, 2.05) is 23.1 Å². The van der Waals surface area contributed by atoms with Gasteiger partial charge in [0.15, 0.2) is 11.5 Å². The van der Waals surface area contributed by atoms with E-state index >= 15 is 0 Å². The summed E-state index contributed by atoms with van der Waals surface area (Å²) in [6.45, 7) is 1.49. The number of nitrogens with zero attached hydrogens (tertiary/aromatic N) is 3. The van der Waals surface area contributed by atoms with Crippen LogP contribution in [0, 0.1) is 5.92 Å². The second-order valence-corrected chi connectivity index (χ2v) is 5.96. The summed E-state index contributed by atoms with van der Waals surface area (Å²) in [5.41, 5.74) is 1.83. The van der Waals surface area contributed by atoms with Crippen LogP contribution in [0.15, 0.2) is 30.6 Å². The number of rotatable bonds is 3. The van der Waals surface area contributed by atoms with Crippen LogP contribution in [0.3, 0.4) is 0 Å². The number of aliphatic carboxylic acids is 1. The van der Waals surface area contributed by atoms with Gasteiger partial charge in [-0.05, 0) is 30.5 Å². The predicted octanol–water partition coefficient (Wildman–Crippen LogP) is 2.17. The number of carboxylic acids is 1. The van der Waals surface area contributed by atoms with Crippen LogP contribution in [0.4, 0.5) is 5.95 Å². The van der Waals surface area contributed by atoms with Gasteiger partial charge < -0.3 is 19.5 Å². The van der Waals surface area contributed by atoms with Crippen LogP contribution in [0.25, 0.3) is 11.1 Å². The SMILES string of the molecule is O=C(O)C1CCCN(c2ncc(-c3ccc4c(c3)OCO4)cn2)C1. The first-order valence-electron chi connectivity index (χ1n) is 7.90. The number of anilines is 1. The number of piperidine rings is 1. The molecule has 1 aromatic carbocycles. The Kier molecular flexibility index (Phi) is 3.68. The van der Waals surface area contributed by atoms with E-state index in [4.69, 9.17) is 9.47 Å². The Morgan fingerprint density at radius 1 is 1.17 bits per heavy atom. The fourth-order valence-electron chi connectivity index (χ4n) is 3.07. The quantitative estimate of drug-likeness (QED) is 0.924. The highest BCUT2D eigenvalue weighted by Crippen LogP contribution is 2.35. The lowest BCUT2D eigenvalue weighted by Gasteiger charge is -2.30. The Morgan fingerprint density at radius 2 is 1.96 bits per heavy atom. The molecule has 1 N–H and O–H groups in total. The van der Waals surface area contributed by atoms with Crippen molar-refractivity contribution in [1.82, 2.24) is 9.97 Å². The van der Waals surface area contributed by atoms with Gasteiger partial charge in [0.05, 0.1) is 5.92 Å². The van der Waals surface area contributed by atoms with Crippen LogP contribution < -0.4 is 14.4 Å².